The lowest BCUT2D eigenvalue weighted by molar-refractivity contribution is -0.143. The van der Waals surface area contributed by atoms with Crippen LogP contribution in [0.2, 0.25) is 0 Å². The molecule has 0 rings (SSSR count). The van der Waals surface area contributed by atoms with Gasteiger partial charge in [0.1, 0.15) is 0 Å². The summed E-state index contributed by atoms with van der Waals surface area (Å²) in [5.41, 5.74) is 0. The molecule has 0 radical (unpaired) electrons. The van der Waals surface area contributed by atoms with Crippen LogP contribution in [0.1, 0.15) is 495 Å². The van der Waals surface area contributed by atoms with Crippen LogP contribution in [0, 0.1) is 0 Å². The third-order valence-electron chi connectivity index (χ3n) is 20.2. The number of amides is 1. The number of unbranched alkanes of at least 4 members (excludes halogenated alkanes) is 69. The lowest BCUT2D eigenvalue weighted by Crippen LogP contribution is -2.45. The molecule has 1 amide bonds. The molecule has 0 aliphatic heterocycles. The van der Waals surface area contributed by atoms with Gasteiger partial charge < -0.3 is 20.3 Å². The predicted molar refractivity (Wildman–Crippen MR) is 394 cm³/mol. The number of aliphatic hydroxyl groups is 2. The van der Waals surface area contributed by atoms with Gasteiger partial charge in [0.25, 0.3) is 0 Å². The van der Waals surface area contributed by atoms with Crippen molar-refractivity contribution in [3.8, 4) is 0 Å². The third kappa shape index (κ3) is 75.8. The molecule has 6 nitrogen and oxygen atoms in total. The molecule has 2 unspecified atom stereocenters. The smallest absolute Gasteiger partial charge is 0.305 e. The van der Waals surface area contributed by atoms with Gasteiger partial charge in [-0.3, -0.25) is 9.59 Å². The summed E-state index contributed by atoms with van der Waals surface area (Å²) in [5.74, 6) is 0.00287. The quantitative estimate of drug-likeness (QED) is 0.0417. The first kappa shape index (κ1) is 87.9. The average Bonchev–Trinajstić information content (AvgIpc) is 3.55. The number of hydrogen-bond donors (Lipinski definition) is 3. The molecule has 0 aliphatic rings. The van der Waals surface area contributed by atoms with Gasteiger partial charge in [-0.15, -0.1) is 0 Å². The maximum absolute atomic E-state index is 12.6. The molecule has 0 spiro atoms. The highest BCUT2D eigenvalue weighted by molar-refractivity contribution is 5.76. The second-order valence-corrected chi connectivity index (χ2v) is 29.2. The van der Waals surface area contributed by atoms with Crippen molar-refractivity contribution in [1.82, 2.24) is 5.32 Å². The summed E-state index contributed by atoms with van der Waals surface area (Å²) in [6.45, 7) is 5.03. The fourth-order valence-electron chi connectivity index (χ4n) is 13.8. The number of ether oxygens (including phenoxy) is 1. The molecule has 0 fully saturated rings. The van der Waals surface area contributed by atoms with E-state index in [0.29, 0.717) is 25.9 Å². The Labute approximate surface area is 559 Å². The first-order valence-corrected chi connectivity index (χ1v) is 41.8. The van der Waals surface area contributed by atoms with Gasteiger partial charge in [0, 0.05) is 12.8 Å². The Balaban J connectivity index is 3.31. The average molecular weight is 1260 g/mol. The number of carbonyl (C=O) groups is 2. The summed E-state index contributed by atoms with van der Waals surface area (Å²) in [7, 11) is 0. The number of rotatable bonds is 80. The van der Waals surface area contributed by atoms with Crippen molar-refractivity contribution in [2.75, 3.05) is 13.2 Å². The van der Waals surface area contributed by atoms with E-state index in [0.717, 1.165) is 38.5 Å². The van der Waals surface area contributed by atoms with Crippen LogP contribution in [0.15, 0.2) is 0 Å². The highest BCUT2D eigenvalue weighted by atomic mass is 16.5. The van der Waals surface area contributed by atoms with Gasteiger partial charge in [-0.05, 0) is 25.7 Å². The summed E-state index contributed by atoms with van der Waals surface area (Å²) in [5, 5.41) is 23.5. The maximum atomic E-state index is 12.6. The van der Waals surface area contributed by atoms with E-state index < -0.39 is 12.1 Å². The fourth-order valence-corrected chi connectivity index (χ4v) is 13.8. The van der Waals surface area contributed by atoms with Crippen molar-refractivity contribution < 1.29 is 24.5 Å². The summed E-state index contributed by atoms with van der Waals surface area (Å²) in [6.07, 6.45) is 99.3. The van der Waals surface area contributed by atoms with Crippen LogP contribution >= 0.6 is 0 Å². The molecule has 6 heteroatoms. The van der Waals surface area contributed by atoms with E-state index in [1.54, 1.807) is 0 Å². The highest BCUT2D eigenvalue weighted by Crippen LogP contribution is 2.21. The predicted octanol–water partition coefficient (Wildman–Crippen LogP) is 27.7. The molecule has 2 atom stereocenters. The molecule has 0 heterocycles. The molecule has 0 aromatic rings. The van der Waals surface area contributed by atoms with E-state index in [-0.39, 0.29) is 18.5 Å². The fraction of sp³-hybridized carbons (Fsp3) is 0.976. The Morgan fingerprint density at radius 1 is 0.270 bits per heavy atom. The van der Waals surface area contributed by atoms with Crippen LogP contribution in [-0.4, -0.2) is 47.4 Å². The Morgan fingerprint density at radius 2 is 0.461 bits per heavy atom. The van der Waals surface area contributed by atoms with Gasteiger partial charge >= 0.3 is 5.97 Å². The summed E-state index contributed by atoms with van der Waals surface area (Å²) >= 11 is 0. The topological polar surface area (TPSA) is 95.9 Å². The largest absolute Gasteiger partial charge is 0.466 e. The van der Waals surface area contributed by atoms with Gasteiger partial charge in [-0.25, -0.2) is 0 Å². The van der Waals surface area contributed by atoms with Gasteiger partial charge in [-0.2, -0.15) is 0 Å². The molecular weight excluding hydrogens is 1090 g/mol. The highest BCUT2D eigenvalue weighted by Gasteiger charge is 2.20. The minimum atomic E-state index is -0.662. The Bertz CT molecular complexity index is 1310. The number of aliphatic hydroxyl groups excluding tert-OH is 2. The number of hydrogen-bond acceptors (Lipinski definition) is 5. The molecule has 0 saturated heterocycles. The SMILES string of the molecule is CCCCCCCCCCCCCCCCCCCCCCCCCC(O)C(CO)NC(=O)CCCCCCCCCCCCCCCCCCCCCCCCCCCCCCCCCOC(=O)CCCCCCCCCCCCCCCCCCCC. The monoisotopic (exact) mass is 1260 g/mol. The summed E-state index contributed by atoms with van der Waals surface area (Å²) < 4.78 is 5.52. The van der Waals surface area contributed by atoms with Gasteiger partial charge in [0.2, 0.25) is 5.91 Å². The molecule has 0 saturated carbocycles. The summed E-state index contributed by atoms with van der Waals surface area (Å²) in [4.78, 5) is 24.7. The molecule has 0 aromatic heterocycles. The Morgan fingerprint density at radius 3 is 0.685 bits per heavy atom. The van der Waals surface area contributed by atoms with Crippen LogP contribution in [0.3, 0.4) is 0 Å². The van der Waals surface area contributed by atoms with E-state index in [2.05, 4.69) is 19.2 Å². The van der Waals surface area contributed by atoms with Gasteiger partial charge in [0.05, 0.1) is 25.4 Å². The molecule has 532 valence electrons. The molecule has 89 heavy (non-hydrogen) atoms. The van der Waals surface area contributed by atoms with Crippen LogP contribution in [0.25, 0.3) is 0 Å². The van der Waals surface area contributed by atoms with E-state index in [4.69, 9.17) is 4.74 Å². The zero-order chi connectivity index (χ0) is 64.2. The molecular formula is C83H165NO5. The van der Waals surface area contributed by atoms with Crippen molar-refractivity contribution in [3.63, 3.8) is 0 Å². The second kappa shape index (κ2) is 79.3. The first-order valence-electron chi connectivity index (χ1n) is 41.8. The lowest BCUT2D eigenvalue weighted by atomic mass is 10.0. The van der Waals surface area contributed by atoms with Crippen LogP contribution in [-0.2, 0) is 14.3 Å². The van der Waals surface area contributed by atoms with Gasteiger partial charge in [0.15, 0.2) is 0 Å². The third-order valence-corrected chi connectivity index (χ3v) is 20.2. The minimum absolute atomic E-state index is 0.0240. The lowest BCUT2D eigenvalue weighted by Gasteiger charge is -2.22. The first-order chi connectivity index (χ1) is 44.0. The zero-order valence-corrected chi connectivity index (χ0v) is 61.2. The Kier molecular flexibility index (Phi) is 78.3. The van der Waals surface area contributed by atoms with Crippen LogP contribution < -0.4 is 5.32 Å². The van der Waals surface area contributed by atoms with Crippen molar-refractivity contribution >= 4 is 11.9 Å². The minimum Gasteiger partial charge on any atom is -0.466 e. The standard InChI is InChI=1S/C83H165NO5/c1-3-5-7-9-11-13-15-17-19-21-23-24-34-37-40-43-47-51-55-59-63-67-71-75-81(86)80(79-85)84-82(87)76-72-68-64-60-56-52-48-44-41-38-35-32-30-28-26-25-27-29-31-33-36-39-42-46-50-54-58-62-66-70-74-78-89-83(88)77-73-69-65-61-57-53-49-45-22-20-18-16-14-12-10-8-6-4-2/h80-81,85-86H,3-79H2,1-2H3,(H,84,87). The zero-order valence-electron chi connectivity index (χ0n) is 61.2. The normalized spacial score (nSPS) is 12.4. The molecule has 0 aromatic carbocycles. The molecule has 0 aliphatic carbocycles. The van der Waals surface area contributed by atoms with E-state index in [9.17, 15) is 19.8 Å². The number of nitrogens with one attached hydrogen (secondary N) is 1. The second-order valence-electron chi connectivity index (χ2n) is 29.2. The van der Waals surface area contributed by atoms with Crippen LogP contribution in [0.4, 0.5) is 0 Å². The number of carbonyl (C=O) groups excluding carboxylic acids is 2. The molecule has 3 N–H and O–H groups in total. The van der Waals surface area contributed by atoms with Crippen molar-refractivity contribution in [1.29, 1.82) is 0 Å². The van der Waals surface area contributed by atoms with Gasteiger partial charge in [-0.1, -0.05) is 457 Å². The van der Waals surface area contributed by atoms with E-state index in [1.165, 1.54) is 424 Å². The van der Waals surface area contributed by atoms with Crippen molar-refractivity contribution in [3.05, 3.63) is 0 Å². The van der Waals surface area contributed by atoms with Crippen molar-refractivity contribution in [2.45, 2.75) is 508 Å². The van der Waals surface area contributed by atoms with Crippen molar-refractivity contribution in [2.24, 2.45) is 0 Å². The molecule has 0 bridgehead atoms. The van der Waals surface area contributed by atoms with E-state index in [1.807, 2.05) is 0 Å². The summed E-state index contributed by atoms with van der Waals surface area (Å²) in [6, 6.07) is -0.539. The van der Waals surface area contributed by atoms with Crippen LogP contribution in [0.5, 0.6) is 0 Å². The van der Waals surface area contributed by atoms with E-state index >= 15 is 0 Å². The maximum Gasteiger partial charge on any atom is 0.305 e. The Hall–Kier alpha value is -1.14. The number of esters is 1.